The Bertz CT molecular complexity index is 361. The molecule has 1 aromatic carbocycles. The first kappa shape index (κ1) is 12.6. The highest BCUT2D eigenvalue weighted by atomic mass is 32.1. The third-order valence-electron chi connectivity index (χ3n) is 2.28. The van der Waals surface area contributed by atoms with Gasteiger partial charge in [0.15, 0.2) is 4.99 Å². The zero-order valence-electron chi connectivity index (χ0n) is 9.56. The van der Waals surface area contributed by atoms with Gasteiger partial charge in [0, 0.05) is 18.8 Å². The minimum Gasteiger partial charge on any atom is -0.359 e. The molecule has 16 heavy (non-hydrogen) atoms. The largest absolute Gasteiger partial charge is 0.359 e. The van der Waals surface area contributed by atoms with Gasteiger partial charge in [-0.3, -0.25) is 4.79 Å². The van der Waals surface area contributed by atoms with E-state index < -0.39 is 0 Å². The van der Waals surface area contributed by atoms with Crippen LogP contribution in [0.25, 0.3) is 0 Å². The van der Waals surface area contributed by atoms with E-state index in [-0.39, 0.29) is 5.91 Å². The second-order valence-electron chi connectivity index (χ2n) is 3.30. The number of para-hydroxylation sites is 1. The Kier molecular flexibility index (Phi) is 4.92. The third-order valence-corrected chi connectivity index (χ3v) is 2.72. The Morgan fingerprint density at radius 3 is 2.31 bits per heavy atom. The van der Waals surface area contributed by atoms with E-state index in [4.69, 9.17) is 12.2 Å². The predicted octanol–water partition coefficient (Wildman–Crippen LogP) is 2.29. The zero-order chi connectivity index (χ0) is 12.0. The fourth-order valence-corrected chi connectivity index (χ4v) is 1.67. The maximum atomic E-state index is 11.8. The molecular formula is C12H16N2OS. The van der Waals surface area contributed by atoms with Gasteiger partial charge in [-0.15, -0.1) is 0 Å². The molecule has 0 aliphatic carbocycles. The van der Waals surface area contributed by atoms with Crippen LogP contribution < -0.4 is 5.32 Å². The normalized spacial score (nSPS) is 9.62. The first-order chi connectivity index (χ1) is 7.69. The van der Waals surface area contributed by atoms with Crippen LogP contribution in [0.1, 0.15) is 13.8 Å². The summed E-state index contributed by atoms with van der Waals surface area (Å²) in [6.07, 6.45) is 0. The van der Waals surface area contributed by atoms with Crippen molar-refractivity contribution in [2.75, 3.05) is 18.4 Å². The molecule has 0 aliphatic rings. The minimum absolute atomic E-state index is 0.218. The summed E-state index contributed by atoms with van der Waals surface area (Å²) in [6, 6.07) is 9.32. The molecule has 1 rings (SSSR count). The molecule has 1 aromatic rings. The van der Waals surface area contributed by atoms with Gasteiger partial charge in [0.05, 0.1) is 0 Å². The number of hydrogen-bond donors (Lipinski definition) is 1. The van der Waals surface area contributed by atoms with Gasteiger partial charge in [0.1, 0.15) is 0 Å². The molecule has 3 nitrogen and oxygen atoms in total. The Hall–Kier alpha value is -1.42. The summed E-state index contributed by atoms with van der Waals surface area (Å²) >= 11 is 5.11. The smallest absolute Gasteiger partial charge is 0.283 e. The first-order valence-corrected chi connectivity index (χ1v) is 5.75. The summed E-state index contributed by atoms with van der Waals surface area (Å²) in [5.74, 6) is -0.218. The standard InChI is InChI=1S/C12H16N2OS/c1-3-14(4-2)12(16)11(15)13-10-8-6-5-7-9-10/h5-9H,3-4H2,1-2H3,(H,13,15). The highest BCUT2D eigenvalue weighted by molar-refractivity contribution is 7.82. The van der Waals surface area contributed by atoms with Gasteiger partial charge in [-0.05, 0) is 26.0 Å². The second kappa shape index (κ2) is 6.23. The van der Waals surface area contributed by atoms with Crippen LogP contribution in [0.4, 0.5) is 5.69 Å². The number of likely N-dealkylation sites (N-methyl/N-ethyl adjacent to an activating group) is 1. The summed E-state index contributed by atoms with van der Waals surface area (Å²) in [4.78, 5) is 14.0. The van der Waals surface area contributed by atoms with E-state index in [0.29, 0.717) is 4.99 Å². The van der Waals surface area contributed by atoms with Crippen molar-refractivity contribution >= 4 is 28.8 Å². The second-order valence-corrected chi connectivity index (χ2v) is 3.68. The van der Waals surface area contributed by atoms with Gasteiger partial charge in [0.2, 0.25) is 0 Å². The van der Waals surface area contributed by atoms with Crippen molar-refractivity contribution in [3.05, 3.63) is 30.3 Å². The minimum atomic E-state index is -0.218. The molecule has 0 heterocycles. The van der Waals surface area contributed by atoms with E-state index in [1.54, 1.807) is 0 Å². The Morgan fingerprint density at radius 2 is 1.81 bits per heavy atom. The van der Waals surface area contributed by atoms with Crippen molar-refractivity contribution in [2.45, 2.75) is 13.8 Å². The number of rotatable bonds is 3. The summed E-state index contributed by atoms with van der Waals surface area (Å²) in [6.45, 7) is 5.45. The monoisotopic (exact) mass is 236 g/mol. The Balaban J connectivity index is 2.62. The average molecular weight is 236 g/mol. The number of thiocarbonyl (C=S) groups is 1. The Labute approximate surface area is 101 Å². The van der Waals surface area contributed by atoms with Crippen molar-refractivity contribution < 1.29 is 4.79 Å². The first-order valence-electron chi connectivity index (χ1n) is 5.34. The van der Waals surface area contributed by atoms with Crippen LogP contribution in [-0.2, 0) is 4.79 Å². The van der Waals surface area contributed by atoms with Crippen LogP contribution >= 0.6 is 12.2 Å². The van der Waals surface area contributed by atoms with Crippen molar-refractivity contribution in [3.63, 3.8) is 0 Å². The SMILES string of the molecule is CCN(CC)C(=S)C(=O)Nc1ccccc1. The molecule has 0 spiro atoms. The van der Waals surface area contributed by atoms with Gasteiger partial charge in [-0.2, -0.15) is 0 Å². The summed E-state index contributed by atoms with van der Waals surface area (Å²) < 4.78 is 0. The number of carbonyl (C=O) groups excluding carboxylic acids is 1. The lowest BCUT2D eigenvalue weighted by Crippen LogP contribution is -2.38. The molecule has 0 atom stereocenters. The molecule has 86 valence electrons. The maximum absolute atomic E-state index is 11.8. The van der Waals surface area contributed by atoms with E-state index in [1.807, 2.05) is 49.1 Å². The van der Waals surface area contributed by atoms with E-state index >= 15 is 0 Å². The number of hydrogen-bond acceptors (Lipinski definition) is 2. The van der Waals surface area contributed by atoms with Gasteiger partial charge >= 0.3 is 0 Å². The van der Waals surface area contributed by atoms with Crippen LogP contribution in [0.3, 0.4) is 0 Å². The fourth-order valence-electron chi connectivity index (χ4n) is 1.36. The van der Waals surface area contributed by atoms with E-state index in [0.717, 1.165) is 18.8 Å². The average Bonchev–Trinajstić information content (AvgIpc) is 2.31. The molecule has 0 saturated heterocycles. The number of nitrogens with zero attached hydrogens (tertiary/aromatic N) is 1. The van der Waals surface area contributed by atoms with Crippen LogP contribution in [0, 0.1) is 0 Å². The molecule has 0 saturated carbocycles. The molecule has 0 aliphatic heterocycles. The fraction of sp³-hybridized carbons (Fsp3) is 0.333. The topological polar surface area (TPSA) is 32.3 Å². The van der Waals surface area contributed by atoms with E-state index in [2.05, 4.69) is 5.32 Å². The number of amides is 1. The van der Waals surface area contributed by atoms with Crippen LogP contribution in [0.5, 0.6) is 0 Å². The van der Waals surface area contributed by atoms with Crippen LogP contribution in [0.2, 0.25) is 0 Å². The number of benzene rings is 1. The van der Waals surface area contributed by atoms with Crippen molar-refractivity contribution in [3.8, 4) is 0 Å². The zero-order valence-corrected chi connectivity index (χ0v) is 10.4. The molecular weight excluding hydrogens is 220 g/mol. The molecule has 0 radical (unpaired) electrons. The van der Waals surface area contributed by atoms with Crippen molar-refractivity contribution in [1.29, 1.82) is 0 Å². The number of carbonyl (C=O) groups is 1. The molecule has 1 amide bonds. The lowest BCUT2D eigenvalue weighted by atomic mass is 10.3. The molecule has 1 N–H and O–H groups in total. The number of nitrogens with one attached hydrogen (secondary N) is 1. The number of anilines is 1. The summed E-state index contributed by atoms with van der Waals surface area (Å²) in [5.41, 5.74) is 0.766. The lowest BCUT2D eigenvalue weighted by molar-refractivity contribution is -0.110. The molecule has 0 unspecified atom stereocenters. The molecule has 4 heteroatoms. The van der Waals surface area contributed by atoms with Gasteiger partial charge in [-0.25, -0.2) is 0 Å². The molecule has 0 aromatic heterocycles. The Morgan fingerprint density at radius 1 is 1.25 bits per heavy atom. The molecule has 0 fully saturated rings. The van der Waals surface area contributed by atoms with Crippen LogP contribution in [-0.4, -0.2) is 28.9 Å². The third kappa shape index (κ3) is 3.31. The van der Waals surface area contributed by atoms with E-state index in [1.165, 1.54) is 0 Å². The van der Waals surface area contributed by atoms with E-state index in [9.17, 15) is 4.79 Å². The van der Waals surface area contributed by atoms with Gasteiger partial charge < -0.3 is 10.2 Å². The van der Waals surface area contributed by atoms with Gasteiger partial charge in [0.25, 0.3) is 5.91 Å². The predicted molar refractivity (Wildman–Crippen MR) is 70.6 cm³/mol. The summed E-state index contributed by atoms with van der Waals surface area (Å²) in [7, 11) is 0. The molecule has 0 bridgehead atoms. The highest BCUT2D eigenvalue weighted by Gasteiger charge is 2.14. The van der Waals surface area contributed by atoms with Crippen LogP contribution in [0.15, 0.2) is 30.3 Å². The van der Waals surface area contributed by atoms with Crippen molar-refractivity contribution in [2.24, 2.45) is 0 Å². The van der Waals surface area contributed by atoms with Gasteiger partial charge in [-0.1, -0.05) is 30.4 Å². The van der Waals surface area contributed by atoms with Crippen molar-refractivity contribution in [1.82, 2.24) is 4.90 Å². The quantitative estimate of drug-likeness (QED) is 0.817. The maximum Gasteiger partial charge on any atom is 0.283 e. The highest BCUT2D eigenvalue weighted by Crippen LogP contribution is 2.05. The lowest BCUT2D eigenvalue weighted by Gasteiger charge is -2.20. The summed E-state index contributed by atoms with van der Waals surface area (Å²) in [5, 5.41) is 2.77.